The van der Waals surface area contributed by atoms with Crippen LogP contribution in [-0.4, -0.2) is 11.4 Å². The van der Waals surface area contributed by atoms with Crippen LogP contribution in [0, 0.1) is 11.7 Å². The van der Waals surface area contributed by atoms with E-state index in [1.807, 2.05) is 0 Å². The zero-order chi connectivity index (χ0) is 14.5. The molecule has 2 atom stereocenters. The number of halogens is 4. The summed E-state index contributed by atoms with van der Waals surface area (Å²) >= 11 is 0. The first-order valence-electron chi connectivity index (χ1n) is 6.50. The summed E-state index contributed by atoms with van der Waals surface area (Å²) in [7, 11) is 0. The molecule has 1 spiro atoms. The van der Waals surface area contributed by atoms with Gasteiger partial charge in [0.2, 0.25) is 0 Å². The van der Waals surface area contributed by atoms with Crippen molar-refractivity contribution in [2.75, 3.05) is 0 Å². The molecule has 20 heavy (non-hydrogen) atoms. The Hall–Kier alpha value is -1.59. The number of aliphatic imine (C=N–C) groups is 1. The fourth-order valence-corrected chi connectivity index (χ4v) is 2.99. The monoisotopic (exact) mass is 286 g/mol. The zero-order valence-corrected chi connectivity index (χ0v) is 10.7. The minimum Gasteiger partial charge on any atom is -0.387 e. The van der Waals surface area contributed by atoms with Gasteiger partial charge in [0, 0.05) is 6.42 Å². The molecule has 3 rings (SSSR count). The van der Waals surface area contributed by atoms with Crippen molar-refractivity contribution in [3.63, 3.8) is 0 Å². The molecule has 0 radical (unpaired) electrons. The molecular formula is C14H14F4N2. The van der Waals surface area contributed by atoms with Crippen LogP contribution in [-0.2, 0) is 12.6 Å². The van der Waals surface area contributed by atoms with Gasteiger partial charge in [-0.25, -0.2) is 4.39 Å². The van der Waals surface area contributed by atoms with Gasteiger partial charge in [-0.1, -0.05) is 0 Å². The average molecular weight is 286 g/mol. The fraction of sp³-hybridized carbons (Fsp3) is 0.500. The Bertz CT molecular complexity index is 579. The molecular weight excluding hydrogens is 272 g/mol. The maximum Gasteiger partial charge on any atom is 0.416 e. The highest BCUT2D eigenvalue weighted by Gasteiger charge is 2.55. The molecule has 0 bridgehead atoms. The van der Waals surface area contributed by atoms with Crippen molar-refractivity contribution in [2.45, 2.75) is 37.4 Å². The number of hydrogen-bond donors (Lipinski definition) is 1. The largest absolute Gasteiger partial charge is 0.416 e. The molecule has 0 aromatic heterocycles. The minimum absolute atomic E-state index is 0.0986. The van der Waals surface area contributed by atoms with Gasteiger partial charge >= 0.3 is 6.18 Å². The summed E-state index contributed by atoms with van der Waals surface area (Å²) < 4.78 is 51.6. The van der Waals surface area contributed by atoms with Gasteiger partial charge in [0.1, 0.15) is 5.82 Å². The Morgan fingerprint density at radius 2 is 2.10 bits per heavy atom. The summed E-state index contributed by atoms with van der Waals surface area (Å²) in [5.41, 5.74) is 4.72. The van der Waals surface area contributed by atoms with Crippen LogP contribution < -0.4 is 5.73 Å². The third-order valence-electron chi connectivity index (χ3n) is 4.22. The van der Waals surface area contributed by atoms with E-state index in [1.54, 1.807) is 0 Å². The highest BCUT2D eigenvalue weighted by atomic mass is 19.4. The highest BCUT2D eigenvalue weighted by Crippen LogP contribution is 2.54. The summed E-state index contributed by atoms with van der Waals surface area (Å²) in [5.74, 6) is 0.105. The van der Waals surface area contributed by atoms with Gasteiger partial charge in [0.25, 0.3) is 0 Å². The Labute approximate surface area is 113 Å². The van der Waals surface area contributed by atoms with Gasteiger partial charge in [-0.15, -0.1) is 0 Å². The number of hydrogen-bond acceptors (Lipinski definition) is 2. The van der Waals surface area contributed by atoms with Gasteiger partial charge in [0.05, 0.1) is 16.9 Å². The van der Waals surface area contributed by atoms with Crippen molar-refractivity contribution in [3.8, 4) is 0 Å². The summed E-state index contributed by atoms with van der Waals surface area (Å²) in [4.78, 5) is 4.36. The molecule has 1 aromatic carbocycles. The van der Waals surface area contributed by atoms with Crippen LogP contribution in [0.1, 0.15) is 30.4 Å². The molecule has 0 amide bonds. The van der Waals surface area contributed by atoms with E-state index < -0.39 is 17.6 Å². The third-order valence-corrected chi connectivity index (χ3v) is 4.22. The summed E-state index contributed by atoms with van der Waals surface area (Å²) in [6, 6.07) is 2.57. The summed E-state index contributed by atoms with van der Waals surface area (Å²) in [6.45, 7) is 0. The van der Waals surface area contributed by atoms with Crippen molar-refractivity contribution in [3.05, 3.63) is 35.1 Å². The van der Waals surface area contributed by atoms with Crippen molar-refractivity contribution in [1.82, 2.24) is 0 Å². The third kappa shape index (κ3) is 2.27. The van der Waals surface area contributed by atoms with E-state index in [1.165, 1.54) is 0 Å². The van der Waals surface area contributed by atoms with Crippen LogP contribution in [0.4, 0.5) is 17.6 Å². The Kier molecular flexibility index (Phi) is 2.81. The lowest BCUT2D eigenvalue weighted by Gasteiger charge is -2.10. The van der Waals surface area contributed by atoms with E-state index in [2.05, 4.69) is 4.99 Å². The fourth-order valence-electron chi connectivity index (χ4n) is 2.99. The molecule has 2 N–H and O–H groups in total. The van der Waals surface area contributed by atoms with Crippen LogP contribution in [0.5, 0.6) is 0 Å². The molecule has 1 heterocycles. The van der Waals surface area contributed by atoms with Gasteiger partial charge in [-0.3, -0.25) is 4.99 Å². The topological polar surface area (TPSA) is 38.4 Å². The van der Waals surface area contributed by atoms with Gasteiger partial charge in [0.15, 0.2) is 0 Å². The predicted octanol–water partition coefficient (Wildman–Crippen LogP) is 3.30. The number of benzene rings is 1. The van der Waals surface area contributed by atoms with E-state index in [9.17, 15) is 17.6 Å². The second kappa shape index (κ2) is 4.20. The minimum atomic E-state index is -4.44. The van der Waals surface area contributed by atoms with Gasteiger partial charge < -0.3 is 5.73 Å². The lowest BCUT2D eigenvalue weighted by atomic mass is 10.0. The summed E-state index contributed by atoms with van der Waals surface area (Å²) in [5, 5.41) is 0. The lowest BCUT2D eigenvalue weighted by Crippen LogP contribution is -2.10. The van der Waals surface area contributed by atoms with Crippen LogP contribution in [0.3, 0.4) is 0 Å². The average Bonchev–Trinajstić information content (AvgIpc) is 2.85. The molecule has 1 aromatic rings. The highest BCUT2D eigenvalue weighted by molar-refractivity contribution is 5.83. The zero-order valence-electron chi connectivity index (χ0n) is 10.7. The number of rotatable bonds is 2. The Balaban J connectivity index is 1.79. The maximum absolute atomic E-state index is 13.7. The van der Waals surface area contributed by atoms with Crippen molar-refractivity contribution < 1.29 is 17.6 Å². The first-order chi connectivity index (χ1) is 9.30. The molecule has 2 nitrogen and oxygen atoms in total. The quantitative estimate of drug-likeness (QED) is 0.832. The number of alkyl halides is 3. The van der Waals surface area contributed by atoms with E-state index in [0.717, 1.165) is 37.5 Å². The van der Waals surface area contributed by atoms with Crippen LogP contribution in [0.2, 0.25) is 0 Å². The SMILES string of the molecule is NC1=NC2(CC1)CC2Cc1cc(C(F)(F)F)ccc1F. The molecule has 1 aliphatic carbocycles. The van der Waals surface area contributed by atoms with Gasteiger partial charge in [-0.2, -0.15) is 13.2 Å². The van der Waals surface area contributed by atoms with E-state index in [-0.39, 0.29) is 23.4 Å². The van der Waals surface area contributed by atoms with Crippen molar-refractivity contribution >= 4 is 5.84 Å². The lowest BCUT2D eigenvalue weighted by molar-refractivity contribution is -0.137. The smallest absolute Gasteiger partial charge is 0.387 e. The van der Waals surface area contributed by atoms with Crippen molar-refractivity contribution in [2.24, 2.45) is 16.6 Å². The van der Waals surface area contributed by atoms with E-state index in [0.29, 0.717) is 5.84 Å². The molecule has 0 saturated heterocycles. The number of amidine groups is 1. The van der Waals surface area contributed by atoms with Crippen molar-refractivity contribution in [1.29, 1.82) is 0 Å². The number of nitrogens with zero attached hydrogens (tertiary/aromatic N) is 1. The second-order valence-corrected chi connectivity index (χ2v) is 5.62. The predicted molar refractivity (Wildman–Crippen MR) is 66.8 cm³/mol. The molecule has 108 valence electrons. The molecule has 2 aliphatic rings. The molecule has 2 unspecified atom stereocenters. The summed E-state index contributed by atoms with van der Waals surface area (Å²) in [6.07, 6.45) is -1.83. The second-order valence-electron chi connectivity index (χ2n) is 5.62. The maximum atomic E-state index is 13.7. The van der Waals surface area contributed by atoms with E-state index >= 15 is 0 Å². The van der Waals surface area contributed by atoms with Crippen LogP contribution >= 0.6 is 0 Å². The van der Waals surface area contributed by atoms with Crippen LogP contribution in [0.25, 0.3) is 0 Å². The molecule has 1 aliphatic heterocycles. The van der Waals surface area contributed by atoms with Gasteiger partial charge in [-0.05, 0) is 48.9 Å². The standard InChI is InChI=1S/C14H14F4N2/c15-11-2-1-9(14(16,17)18)5-8(11)6-10-7-13(10)4-3-12(19)20-13/h1-2,5,10H,3-4,6-7H2,(H2,19,20). The number of nitrogens with two attached hydrogens (primary N) is 1. The van der Waals surface area contributed by atoms with E-state index in [4.69, 9.17) is 5.73 Å². The van der Waals surface area contributed by atoms with Crippen LogP contribution in [0.15, 0.2) is 23.2 Å². The first kappa shape index (κ1) is 13.4. The molecule has 6 heteroatoms. The normalized spacial score (nSPS) is 28.8. The molecule has 1 fully saturated rings. The molecule has 1 saturated carbocycles. The Morgan fingerprint density at radius 1 is 1.35 bits per heavy atom. The first-order valence-corrected chi connectivity index (χ1v) is 6.50. The Morgan fingerprint density at radius 3 is 2.70 bits per heavy atom.